The van der Waals surface area contributed by atoms with Crippen LogP contribution >= 0.6 is 11.7 Å². The minimum Gasteiger partial charge on any atom is -0.399 e. The molecule has 1 aromatic carbocycles. The van der Waals surface area contributed by atoms with E-state index < -0.39 is 10.2 Å². The van der Waals surface area contributed by atoms with E-state index in [1.165, 1.54) is 30.1 Å². The monoisotopic (exact) mass is 392 g/mol. The molecule has 0 radical (unpaired) electrons. The highest BCUT2D eigenvalue weighted by atomic mass is 32.2. The third kappa shape index (κ3) is 2.98. The van der Waals surface area contributed by atoms with Gasteiger partial charge in [0.2, 0.25) is 0 Å². The summed E-state index contributed by atoms with van der Waals surface area (Å²) >= 11 is 1.18. The van der Waals surface area contributed by atoms with Crippen molar-refractivity contribution in [1.82, 2.24) is 22.3 Å². The van der Waals surface area contributed by atoms with Crippen LogP contribution in [0.3, 0.4) is 0 Å². The van der Waals surface area contributed by atoms with Crippen molar-refractivity contribution in [2.45, 2.75) is 25.4 Å². The molecule has 1 aliphatic carbocycles. The molecule has 0 aliphatic heterocycles. The molecule has 1 atom stereocenters. The second kappa shape index (κ2) is 6.31. The Labute approximate surface area is 156 Å². The van der Waals surface area contributed by atoms with Crippen molar-refractivity contribution >= 4 is 38.5 Å². The second-order valence-corrected chi connectivity index (χ2v) is 9.17. The van der Waals surface area contributed by atoms with Crippen LogP contribution < -0.4 is 10.5 Å². The van der Waals surface area contributed by atoms with E-state index in [2.05, 4.69) is 18.0 Å². The van der Waals surface area contributed by atoms with Gasteiger partial charge in [-0.25, -0.2) is 0 Å². The molecule has 1 aliphatic rings. The van der Waals surface area contributed by atoms with E-state index in [0.29, 0.717) is 25.1 Å². The summed E-state index contributed by atoms with van der Waals surface area (Å²) in [5.74, 6) is 0. The topological polar surface area (TPSA) is 106 Å². The summed E-state index contributed by atoms with van der Waals surface area (Å²) in [6.45, 7) is 0.611. The highest BCUT2D eigenvalue weighted by molar-refractivity contribution is 7.87. The summed E-state index contributed by atoms with van der Waals surface area (Å²) < 4.78 is 38.9. The molecule has 0 amide bonds. The highest BCUT2D eigenvalue weighted by Crippen LogP contribution is 2.35. The van der Waals surface area contributed by atoms with E-state index in [1.54, 1.807) is 6.20 Å². The molecule has 2 aromatic heterocycles. The average Bonchev–Trinajstić information content (AvgIpc) is 3.26. The molecular weight excluding hydrogens is 372 g/mol. The van der Waals surface area contributed by atoms with Crippen LogP contribution in [0.5, 0.6) is 0 Å². The molecule has 2 heterocycles. The van der Waals surface area contributed by atoms with Crippen LogP contribution in [0.15, 0.2) is 24.4 Å². The van der Waals surface area contributed by atoms with Gasteiger partial charge in [-0.3, -0.25) is 0 Å². The summed E-state index contributed by atoms with van der Waals surface area (Å²) in [7, 11) is -0.425. The van der Waals surface area contributed by atoms with Crippen molar-refractivity contribution in [2.75, 3.05) is 19.8 Å². The van der Waals surface area contributed by atoms with Gasteiger partial charge in [-0.05, 0) is 30.2 Å². The molecule has 0 bridgehead atoms. The van der Waals surface area contributed by atoms with Gasteiger partial charge >= 0.3 is 0 Å². The van der Waals surface area contributed by atoms with Gasteiger partial charge in [0, 0.05) is 48.8 Å². The van der Waals surface area contributed by atoms with Gasteiger partial charge in [-0.1, -0.05) is 0 Å². The number of nitrogens with two attached hydrogens (primary N) is 1. The Bertz CT molecular complexity index is 1060. The van der Waals surface area contributed by atoms with Gasteiger partial charge in [-0.2, -0.15) is 26.2 Å². The maximum absolute atomic E-state index is 12.2. The summed E-state index contributed by atoms with van der Waals surface area (Å²) in [5, 5.41) is 1.08. The maximum Gasteiger partial charge on any atom is 0.279 e. The van der Waals surface area contributed by atoms with Crippen LogP contribution in [0.2, 0.25) is 0 Å². The maximum atomic E-state index is 12.2. The predicted octanol–water partition coefficient (Wildman–Crippen LogP) is 0.986. The summed E-state index contributed by atoms with van der Waals surface area (Å²) in [6, 6.07) is 5.70. The molecule has 3 aromatic rings. The Hall–Kier alpha value is -2.01. The first-order chi connectivity index (χ1) is 12.3. The Morgan fingerprint density at radius 3 is 2.88 bits per heavy atom. The molecule has 26 heavy (non-hydrogen) atoms. The summed E-state index contributed by atoms with van der Waals surface area (Å²) in [5.41, 5.74) is 11.0. The Balaban J connectivity index is 1.74. The number of hydrogen-bond donors (Lipinski definition) is 2. The molecule has 3 N–H and O–H groups in total. The molecule has 10 heteroatoms. The fraction of sp³-hybridized carbons (Fsp3) is 0.375. The summed E-state index contributed by atoms with van der Waals surface area (Å²) in [4.78, 5) is 0. The Morgan fingerprint density at radius 2 is 2.19 bits per heavy atom. The first kappa shape index (κ1) is 17.4. The first-order valence-corrected chi connectivity index (χ1v) is 10.4. The zero-order chi connectivity index (χ0) is 18.5. The number of rotatable bonds is 5. The lowest BCUT2D eigenvalue weighted by Gasteiger charge is -2.18. The average molecular weight is 393 g/mol. The van der Waals surface area contributed by atoms with Crippen molar-refractivity contribution in [3.63, 3.8) is 0 Å². The van der Waals surface area contributed by atoms with E-state index in [0.717, 1.165) is 27.9 Å². The SMILES string of the molecule is CN(C)S(=O)(=O)N[C@@H]1Cc2c(n(Cc3cnsn3)c3ccc(N)cc23)C1. The van der Waals surface area contributed by atoms with Gasteiger partial charge in [0.1, 0.15) is 0 Å². The third-order valence-corrected chi connectivity index (χ3v) is 6.83. The van der Waals surface area contributed by atoms with Gasteiger partial charge < -0.3 is 10.3 Å². The van der Waals surface area contributed by atoms with Gasteiger partial charge in [0.05, 0.1) is 30.2 Å². The number of aromatic nitrogens is 3. The quantitative estimate of drug-likeness (QED) is 0.630. The lowest BCUT2D eigenvalue weighted by molar-refractivity contribution is 0.487. The minimum atomic E-state index is -3.47. The third-order valence-electron chi connectivity index (χ3n) is 4.72. The molecular formula is C16H20N6O2S2. The van der Waals surface area contributed by atoms with Gasteiger partial charge in [0.15, 0.2) is 0 Å². The molecule has 0 saturated carbocycles. The summed E-state index contributed by atoms with van der Waals surface area (Å²) in [6.07, 6.45) is 3.04. The van der Waals surface area contributed by atoms with E-state index in [-0.39, 0.29) is 6.04 Å². The molecule has 0 fully saturated rings. The lowest BCUT2D eigenvalue weighted by atomic mass is 10.1. The van der Waals surface area contributed by atoms with Crippen molar-refractivity contribution in [3.05, 3.63) is 41.3 Å². The number of fused-ring (bicyclic) bond motifs is 3. The molecule has 0 saturated heterocycles. The Morgan fingerprint density at radius 1 is 1.38 bits per heavy atom. The zero-order valence-corrected chi connectivity index (χ0v) is 16.1. The van der Waals surface area contributed by atoms with E-state index in [9.17, 15) is 8.42 Å². The molecule has 0 spiro atoms. The van der Waals surface area contributed by atoms with Crippen LogP contribution in [0.1, 0.15) is 17.0 Å². The molecule has 8 nitrogen and oxygen atoms in total. The van der Waals surface area contributed by atoms with Crippen LogP contribution in [-0.4, -0.2) is 46.2 Å². The van der Waals surface area contributed by atoms with Gasteiger partial charge in [0.25, 0.3) is 10.2 Å². The largest absolute Gasteiger partial charge is 0.399 e. The standard InChI is InChI=1S/C16H20N6O2S2/c1-21(2)26(23,24)20-11-6-14-13-5-10(17)3-4-15(13)22(16(14)7-11)9-12-8-18-25-19-12/h3-5,8,11,20H,6-7,9,17H2,1-2H3/t11-/m1/s1. The van der Waals surface area contributed by atoms with E-state index in [4.69, 9.17) is 5.73 Å². The van der Waals surface area contributed by atoms with Crippen molar-refractivity contribution < 1.29 is 8.42 Å². The number of nitrogen functional groups attached to an aromatic ring is 1. The fourth-order valence-electron chi connectivity index (χ4n) is 3.50. The minimum absolute atomic E-state index is 0.168. The Kier molecular flexibility index (Phi) is 4.22. The number of benzene rings is 1. The lowest BCUT2D eigenvalue weighted by Crippen LogP contribution is -2.42. The number of nitrogens with zero attached hydrogens (tertiary/aromatic N) is 4. The molecule has 138 valence electrons. The van der Waals surface area contributed by atoms with Crippen molar-refractivity contribution in [1.29, 1.82) is 0 Å². The normalized spacial score (nSPS) is 17.3. The van der Waals surface area contributed by atoms with Crippen LogP contribution in [0.25, 0.3) is 10.9 Å². The van der Waals surface area contributed by atoms with E-state index in [1.807, 2.05) is 18.2 Å². The first-order valence-electron chi connectivity index (χ1n) is 8.21. The van der Waals surface area contributed by atoms with Crippen LogP contribution in [0, 0.1) is 0 Å². The number of anilines is 1. The highest BCUT2D eigenvalue weighted by Gasteiger charge is 2.31. The fourth-order valence-corrected chi connectivity index (χ4v) is 4.73. The van der Waals surface area contributed by atoms with Crippen LogP contribution in [0.4, 0.5) is 5.69 Å². The van der Waals surface area contributed by atoms with E-state index >= 15 is 0 Å². The van der Waals surface area contributed by atoms with Crippen LogP contribution in [-0.2, 0) is 29.6 Å². The smallest absolute Gasteiger partial charge is 0.279 e. The second-order valence-electron chi connectivity index (χ2n) is 6.70. The zero-order valence-electron chi connectivity index (χ0n) is 14.5. The number of nitrogens with one attached hydrogen (secondary N) is 1. The number of hydrogen-bond acceptors (Lipinski definition) is 6. The molecule has 4 rings (SSSR count). The van der Waals surface area contributed by atoms with Crippen molar-refractivity contribution in [3.8, 4) is 0 Å². The van der Waals surface area contributed by atoms with Crippen molar-refractivity contribution in [2.24, 2.45) is 0 Å². The molecule has 0 unspecified atom stereocenters. The van der Waals surface area contributed by atoms with Gasteiger partial charge in [-0.15, -0.1) is 0 Å². The predicted molar refractivity (Wildman–Crippen MR) is 102 cm³/mol.